The maximum absolute atomic E-state index is 12.0. The number of aryl methyl sites for hydroxylation is 2. The molecule has 0 saturated heterocycles. The summed E-state index contributed by atoms with van der Waals surface area (Å²) in [6.07, 6.45) is 0.202. The zero-order valence-corrected chi connectivity index (χ0v) is 10.8. The first-order valence-electron chi connectivity index (χ1n) is 5.90. The summed E-state index contributed by atoms with van der Waals surface area (Å²) in [6, 6.07) is 8.49. The zero-order valence-electron chi connectivity index (χ0n) is 10.8. The van der Waals surface area contributed by atoms with Gasteiger partial charge in [0.15, 0.2) is 5.76 Å². The fraction of sp³-hybridized carbons (Fsp3) is 0.200. The summed E-state index contributed by atoms with van der Waals surface area (Å²) in [5, 5.41) is 8.73. The van der Waals surface area contributed by atoms with Crippen molar-refractivity contribution in [3.63, 3.8) is 0 Å². The molecule has 2 rings (SSSR count). The van der Waals surface area contributed by atoms with Crippen LogP contribution < -0.4 is 0 Å². The number of benzene rings is 1. The van der Waals surface area contributed by atoms with Crippen molar-refractivity contribution in [2.45, 2.75) is 20.3 Å². The number of ketones is 1. The molecule has 1 heterocycles. The molecule has 0 aliphatic rings. The van der Waals surface area contributed by atoms with Gasteiger partial charge >= 0.3 is 5.97 Å². The zero-order chi connectivity index (χ0) is 14.0. The van der Waals surface area contributed by atoms with Crippen molar-refractivity contribution >= 4 is 11.8 Å². The molecule has 1 N–H and O–H groups in total. The Morgan fingerprint density at radius 1 is 1.05 bits per heavy atom. The molecule has 0 aliphatic heterocycles. The summed E-state index contributed by atoms with van der Waals surface area (Å²) in [6.45, 7) is 3.99. The van der Waals surface area contributed by atoms with Crippen LogP contribution in [0.3, 0.4) is 0 Å². The van der Waals surface area contributed by atoms with Crippen molar-refractivity contribution in [1.29, 1.82) is 0 Å². The molecule has 1 aromatic heterocycles. The first-order valence-corrected chi connectivity index (χ1v) is 5.90. The maximum Gasteiger partial charge on any atom is 0.371 e. The predicted molar refractivity (Wildman–Crippen MR) is 69.6 cm³/mol. The van der Waals surface area contributed by atoms with Crippen LogP contribution in [0.5, 0.6) is 0 Å². The monoisotopic (exact) mass is 258 g/mol. The van der Waals surface area contributed by atoms with Crippen molar-refractivity contribution in [3.05, 3.63) is 58.5 Å². The molecule has 0 aliphatic carbocycles. The van der Waals surface area contributed by atoms with Gasteiger partial charge in [0.2, 0.25) is 11.5 Å². The second-order valence-electron chi connectivity index (χ2n) is 4.49. The third kappa shape index (κ3) is 2.91. The van der Waals surface area contributed by atoms with Crippen molar-refractivity contribution in [3.8, 4) is 0 Å². The molecule has 0 spiro atoms. The third-order valence-corrected chi connectivity index (χ3v) is 3.03. The van der Waals surface area contributed by atoms with Crippen LogP contribution in [0.25, 0.3) is 0 Å². The summed E-state index contributed by atoms with van der Waals surface area (Å²) in [7, 11) is 0. The molecule has 0 unspecified atom stereocenters. The number of Topliss-reactive ketones (excluding diaryl/α,β-unsaturated/α-hetero) is 1. The van der Waals surface area contributed by atoms with E-state index in [4.69, 9.17) is 9.52 Å². The summed E-state index contributed by atoms with van der Waals surface area (Å²) < 4.78 is 4.98. The smallest absolute Gasteiger partial charge is 0.371 e. The Bertz CT molecular complexity index is 637. The van der Waals surface area contributed by atoms with E-state index in [2.05, 4.69) is 0 Å². The van der Waals surface area contributed by atoms with Crippen LogP contribution in [0.2, 0.25) is 0 Å². The van der Waals surface area contributed by atoms with E-state index >= 15 is 0 Å². The summed E-state index contributed by atoms with van der Waals surface area (Å²) in [4.78, 5) is 22.6. The average Bonchev–Trinajstić information content (AvgIpc) is 2.83. The number of hydrogen-bond donors (Lipinski definition) is 1. The fourth-order valence-corrected chi connectivity index (χ4v) is 1.79. The van der Waals surface area contributed by atoms with Gasteiger partial charge in [-0.05, 0) is 42.7 Å². The van der Waals surface area contributed by atoms with Gasteiger partial charge in [0.05, 0.1) is 0 Å². The van der Waals surface area contributed by atoms with E-state index < -0.39 is 5.97 Å². The molecular formula is C15H14O4. The van der Waals surface area contributed by atoms with Crippen LogP contribution in [0.1, 0.15) is 37.8 Å². The van der Waals surface area contributed by atoms with E-state index in [1.165, 1.54) is 17.7 Å². The maximum atomic E-state index is 12.0. The number of aromatic carboxylic acids is 1. The number of rotatable bonds is 4. The van der Waals surface area contributed by atoms with E-state index in [9.17, 15) is 9.59 Å². The second kappa shape index (κ2) is 5.10. The predicted octanol–water partition coefficient (Wildman–Crippen LogP) is 3.02. The van der Waals surface area contributed by atoms with Crippen molar-refractivity contribution < 1.29 is 19.1 Å². The summed E-state index contributed by atoms with van der Waals surface area (Å²) in [5.74, 6) is -1.54. The molecule has 4 heteroatoms. The average molecular weight is 258 g/mol. The Morgan fingerprint density at radius 3 is 2.32 bits per heavy atom. The molecule has 0 saturated carbocycles. The van der Waals surface area contributed by atoms with Crippen LogP contribution in [-0.2, 0) is 6.42 Å². The minimum atomic E-state index is -1.18. The highest BCUT2D eigenvalue weighted by atomic mass is 16.4. The molecule has 1 aromatic carbocycles. The van der Waals surface area contributed by atoms with Crippen molar-refractivity contribution in [1.82, 2.24) is 0 Å². The number of carbonyl (C=O) groups excluding carboxylic acids is 1. The lowest BCUT2D eigenvalue weighted by Crippen LogP contribution is -2.03. The van der Waals surface area contributed by atoms with Gasteiger partial charge in [-0.3, -0.25) is 4.79 Å². The Labute approximate surface area is 110 Å². The van der Waals surface area contributed by atoms with Gasteiger partial charge in [-0.25, -0.2) is 4.79 Å². The molecule has 98 valence electrons. The van der Waals surface area contributed by atoms with Crippen LogP contribution in [0, 0.1) is 13.8 Å². The van der Waals surface area contributed by atoms with Crippen molar-refractivity contribution in [2.24, 2.45) is 0 Å². The normalized spacial score (nSPS) is 10.4. The molecule has 0 atom stereocenters. The van der Waals surface area contributed by atoms with Gasteiger partial charge in [0.25, 0.3) is 0 Å². The molecule has 19 heavy (non-hydrogen) atoms. The Kier molecular flexibility index (Phi) is 3.51. The number of hydrogen-bond acceptors (Lipinski definition) is 3. The van der Waals surface area contributed by atoms with Gasteiger partial charge in [0, 0.05) is 6.42 Å². The van der Waals surface area contributed by atoms with Crippen LogP contribution in [0.15, 0.2) is 34.7 Å². The number of carboxylic acid groups (broad SMARTS) is 1. The summed E-state index contributed by atoms with van der Waals surface area (Å²) in [5.41, 5.74) is 3.18. The first-order chi connectivity index (χ1) is 8.97. The Hall–Kier alpha value is -2.36. The van der Waals surface area contributed by atoms with Gasteiger partial charge in [-0.2, -0.15) is 0 Å². The lowest BCUT2D eigenvalue weighted by Gasteiger charge is -2.03. The largest absolute Gasteiger partial charge is 0.475 e. The highest BCUT2D eigenvalue weighted by Crippen LogP contribution is 2.14. The van der Waals surface area contributed by atoms with Gasteiger partial charge in [-0.1, -0.05) is 18.2 Å². The second-order valence-corrected chi connectivity index (χ2v) is 4.49. The van der Waals surface area contributed by atoms with Crippen LogP contribution >= 0.6 is 0 Å². The molecule has 4 nitrogen and oxygen atoms in total. The lowest BCUT2D eigenvalue weighted by molar-refractivity contribution is 0.0660. The highest BCUT2D eigenvalue weighted by Gasteiger charge is 2.15. The standard InChI is InChI=1S/C15H14O4/c1-9-3-4-11(7-10(9)2)8-12(16)13-5-6-14(19-13)15(17)18/h3-7H,8H2,1-2H3,(H,17,18). The molecule has 0 amide bonds. The summed E-state index contributed by atoms with van der Waals surface area (Å²) >= 11 is 0. The Balaban J connectivity index is 2.15. The van der Waals surface area contributed by atoms with Crippen molar-refractivity contribution in [2.75, 3.05) is 0 Å². The topological polar surface area (TPSA) is 67.5 Å². The molecular weight excluding hydrogens is 244 g/mol. The van der Waals surface area contributed by atoms with E-state index in [1.54, 1.807) is 0 Å². The Morgan fingerprint density at radius 2 is 1.74 bits per heavy atom. The molecule has 2 aromatic rings. The quantitative estimate of drug-likeness (QED) is 0.856. The molecule has 0 radical (unpaired) electrons. The first kappa shape index (κ1) is 13.1. The number of furan rings is 1. The highest BCUT2D eigenvalue weighted by molar-refractivity contribution is 5.96. The van der Waals surface area contributed by atoms with Crippen LogP contribution in [-0.4, -0.2) is 16.9 Å². The number of carboxylic acids is 1. The number of carbonyl (C=O) groups is 2. The van der Waals surface area contributed by atoms with Gasteiger partial charge in [-0.15, -0.1) is 0 Å². The van der Waals surface area contributed by atoms with E-state index in [0.717, 1.165) is 11.1 Å². The third-order valence-electron chi connectivity index (χ3n) is 3.03. The minimum absolute atomic E-state index is 0.0793. The van der Waals surface area contributed by atoms with Gasteiger partial charge in [0.1, 0.15) is 0 Å². The van der Waals surface area contributed by atoms with Gasteiger partial charge < -0.3 is 9.52 Å². The lowest BCUT2D eigenvalue weighted by atomic mass is 10.0. The minimum Gasteiger partial charge on any atom is -0.475 e. The van der Waals surface area contributed by atoms with E-state index in [-0.39, 0.29) is 23.7 Å². The molecule has 0 fully saturated rings. The molecule has 0 bridgehead atoms. The van der Waals surface area contributed by atoms with E-state index in [0.29, 0.717) is 0 Å². The van der Waals surface area contributed by atoms with Crippen LogP contribution in [0.4, 0.5) is 0 Å². The fourth-order valence-electron chi connectivity index (χ4n) is 1.79. The SMILES string of the molecule is Cc1ccc(CC(=O)c2ccc(C(=O)O)o2)cc1C. The van der Waals surface area contributed by atoms with E-state index in [1.807, 2.05) is 32.0 Å².